The predicted octanol–water partition coefficient (Wildman–Crippen LogP) is 4.29. The minimum Gasteiger partial charge on any atom is -0.380 e. The Morgan fingerprint density at radius 2 is 0.900 bits per heavy atom. The van der Waals surface area contributed by atoms with Gasteiger partial charge in [0.05, 0.1) is 13.2 Å². The molecule has 0 unspecified atom stereocenters. The van der Waals surface area contributed by atoms with Gasteiger partial charge in [-0.25, -0.2) is 0 Å². The van der Waals surface area contributed by atoms with Crippen molar-refractivity contribution in [3.8, 4) is 0 Å². The smallest absolute Gasteiger partial charge is 0.0725 e. The summed E-state index contributed by atoms with van der Waals surface area (Å²) in [4.78, 5) is 0. The molecule has 0 bridgehead atoms. The first-order valence-corrected chi connectivity index (χ1v) is 6.76. The minimum atomic E-state index is 0.619. The third-order valence-electron chi connectivity index (χ3n) is 3.73. The molecule has 2 nitrogen and oxygen atoms in total. The Kier molecular flexibility index (Phi) is 3.68. The van der Waals surface area contributed by atoms with Crippen LogP contribution in [0.3, 0.4) is 0 Å². The molecule has 0 radical (unpaired) electrons. The van der Waals surface area contributed by atoms with Crippen molar-refractivity contribution in [3.63, 3.8) is 0 Å². The summed E-state index contributed by atoms with van der Waals surface area (Å²) in [6, 6.07) is 17.0. The van der Waals surface area contributed by atoms with E-state index in [1.165, 1.54) is 32.7 Å². The third kappa shape index (κ3) is 2.07. The zero-order valence-corrected chi connectivity index (χ0v) is 11.8. The van der Waals surface area contributed by atoms with E-state index in [0.29, 0.717) is 13.2 Å². The van der Waals surface area contributed by atoms with Crippen LogP contribution in [-0.4, -0.2) is 14.2 Å². The first-order chi connectivity index (χ1) is 9.86. The lowest BCUT2D eigenvalue weighted by atomic mass is 9.92. The number of fused-ring (bicyclic) bond motifs is 2. The van der Waals surface area contributed by atoms with Gasteiger partial charge >= 0.3 is 0 Å². The minimum absolute atomic E-state index is 0.619. The van der Waals surface area contributed by atoms with Crippen LogP contribution in [0.15, 0.2) is 48.5 Å². The van der Waals surface area contributed by atoms with E-state index in [1.807, 2.05) is 0 Å². The topological polar surface area (TPSA) is 18.5 Å². The lowest BCUT2D eigenvalue weighted by Gasteiger charge is -2.16. The largest absolute Gasteiger partial charge is 0.380 e. The van der Waals surface area contributed by atoms with E-state index in [1.54, 1.807) is 14.2 Å². The van der Waals surface area contributed by atoms with Crippen molar-refractivity contribution in [2.24, 2.45) is 0 Å². The molecular weight excluding hydrogens is 248 g/mol. The number of ether oxygens (including phenoxy) is 2. The highest BCUT2D eigenvalue weighted by Crippen LogP contribution is 2.33. The Hall–Kier alpha value is -1.90. The summed E-state index contributed by atoms with van der Waals surface area (Å²) in [5.41, 5.74) is 2.50. The van der Waals surface area contributed by atoms with E-state index < -0.39 is 0 Å². The summed E-state index contributed by atoms with van der Waals surface area (Å²) in [7, 11) is 3.49. The van der Waals surface area contributed by atoms with Crippen molar-refractivity contribution in [1.29, 1.82) is 0 Å². The van der Waals surface area contributed by atoms with Crippen LogP contribution in [0.5, 0.6) is 0 Å². The Labute approximate surface area is 118 Å². The van der Waals surface area contributed by atoms with Crippen molar-refractivity contribution >= 4 is 21.5 Å². The second kappa shape index (κ2) is 5.61. The molecule has 0 aliphatic heterocycles. The fourth-order valence-electron chi connectivity index (χ4n) is 2.91. The molecule has 0 aromatic heterocycles. The van der Waals surface area contributed by atoms with Gasteiger partial charge in [-0.1, -0.05) is 48.5 Å². The Bertz CT molecular complexity index is 626. The normalized spacial score (nSPS) is 11.3. The highest BCUT2D eigenvalue weighted by atomic mass is 16.5. The number of benzene rings is 3. The fourth-order valence-corrected chi connectivity index (χ4v) is 2.91. The SMILES string of the molecule is COCc1c2ccccc2c(COC)c2ccccc12. The van der Waals surface area contributed by atoms with Crippen molar-refractivity contribution in [2.75, 3.05) is 14.2 Å². The van der Waals surface area contributed by atoms with Gasteiger partial charge in [-0.3, -0.25) is 0 Å². The molecule has 0 fully saturated rings. The van der Waals surface area contributed by atoms with E-state index in [2.05, 4.69) is 48.5 Å². The average Bonchev–Trinajstić information content (AvgIpc) is 2.50. The summed E-state index contributed by atoms with van der Waals surface area (Å²) in [6.45, 7) is 1.24. The fraction of sp³-hybridized carbons (Fsp3) is 0.222. The summed E-state index contributed by atoms with van der Waals surface area (Å²) >= 11 is 0. The Morgan fingerprint density at radius 3 is 1.15 bits per heavy atom. The van der Waals surface area contributed by atoms with Crippen molar-refractivity contribution in [1.82, 2.24) is 0 Å². The molecule has 102 valence electrons. The maximum Gasteiger partial charge on any atom is 0.0725 e. The van der Waals surface area contributed by atoms with Gasteiger partial charge in [0.15, 0.2) is 0 Å². The van der Waals surface area contributed by atoms with E-state index in [-0.39, 0.29) is 0 Å². The van der Waals surface area contributed by atoms with Crippen molar-refractivity contribution < 1.29 is 9.47 Å². The van der Waals surface area contributed by atoms with Crippen molar-refractivity contribution in [2.45, 2.75) is 13.2 Å². The van der Waals surface area contributed by atoms with Crippen LogP contribution in [-0.2, 0) is 22.7 Å². The molecule has 0 aliphatic carbocycles. The lowest BCUT2D eigenvalue weighted by Crippen LogP contribution is -1.98. The monoisotopic (exact) mass is 266 g/mol. The second-order valence-electron chi connectivity index (χ2n) is 4.91. The van der Waals surface area contributed by atoms with Crippen LogP contribution in [0.2, 0.25) is 0 Å². The quantitative estimate of drug-likeness (QED) is 0.656. The zero-order valence-electron chi connectivity index (χ0n) is 11.8. The molecule has 0 N–H and O–H groups in total. The van der Waals surface area contributed by atoms with E-state index in [4.69, 9.17) is 9.47 Å². The van der Waals surface area contributed by atoms with Gasteiger partial charge in [0.1, 0.15) is 0 Å². The Balaban J connectivity index is 2.47. The second-order valence-corrected chi connectivity index (χ2v) is 4.91. The molecule has 20 heavy (non-hydrogen) atoms. The van der Waals surface area contributed by atoms with Gasteiger partial charge in [0.2, 0.25) is 0 Å². The zero-order chi connectivity index (χ0) is 13.9. The molecule has 3 aromatic rings. The highest BCUT2D eigenvalue weighted by molar-refractivity contribution is 6.05. The van der Waals surface area contributed by atoms with Crippen LogP contribution in [0, 0.1) is 0 Å². The molecule has 0 aliphatic rings. The van der Waals surface area contributed by atoms with Gasteiger partial charge in [-0.2, -0.15) is 0 Å². The molecule has 0 spiro atoms. The van der Waals surface area contributed by atoms with Gasteiger partial charge in [0, 0.05) is 14.2 Å². The Morgan fingerprint density at radius 1 is 0.600 bits per heavy atom. The van der Waals surface area contributed by atoms with E-state index >= 15 is 0 Å². The number of methoxy groups -OCH3 is 2. The number of rotatable bonds is 4. The third-order valence-corrected chi connectivity index (χ3v) is 3.73. The lowest BCUT2D eigenvalue weighted by molar-refractivity contribution is 0.185. The van der Waals surface area contributed by atoms with Crippen LogP contribution < -0.4 is 0 Å². The molecule has 0 saturated carbocycles. The molecule has 0 amide bonds. The van der Waals surface area contributed by atoms with Crippen molar-refractivity contribution in [3.05, 3.63) is 59.7 Å². The van der Waals surface area contributed by atoms with E-state index in [9.17, 15) is 0 Å². The summed E-state index contributed by atoms with van der Waals surface area (Å²) in [5.74, 6) is 0. The summed E-state index contributed by atoms with van der Waals surface area (Å²) in [6.07, 6.45) is 0. The molecule has 0 saturated heterocycles. The van der Waals surface area contributed by atoms with Gasteiger partial charge in [0.25, 0.3) is 0 Å². The first kappa shape index (κ1) is 13.1. The van der Waals surface area contributed by atoms with Gasteiger partial charge in [-0.05, 0) is 32.7 Å². The summed E-state index contributed by atoms with van der Waals surface area (Å²) < 4.78 is 10.8. The molecular formula is C18H18O2. The number of hydrogen-bond acceptors (Lipinski definition) is 2. The molecule has 0 heterocycles. The maximum absolute atomic E-state index is 5.41. The first-order valence-electron chi connectivity index (χ1n) is 6.76. The standard InChI is InChI=1S/C18H18O2/c1-19-11-17-13-7-3-5-9-15(13)18(12-20-2)16-10-6-4-8-14(16)17/h3-10H,11-12H2,1-2H3. The maximum atomic E-state index is 5.41. The average molecular weight is 266 g/mol. The molecule has 0 atom stereocenters. The predicted molar refractivity (Wildman–Crippen MR) is 82.9 cm³/mol. The summed E-state index contributed by atoms with van der Waals surface area (Å²) in [5, 5.41) is 5.00. The van der Waals surface area contributed by atoms with Crippen LogP contribution in [0.4, 0.5) is 0 Å². The number of hydrogen-bond donors (Lipinski definition) is 0. The van der Waals surface area contributed by atoms with E-state index in [0.717, 1.165) is 0 Å². The molecule has 2 heteroatoms. The van der Waals surface area contributed by atoms with Crippen LogP contribution in [0.25, 0.3) is 21.5 Å². The molecule has 3 aromatic carbocycles. The molecule has 3 rings (SSSR count). The highest BCUT2D eigenvalue weighted by Gasteiger charge is 2.12. The van der Waals surface area contributed by atoms with Crippen LogP contribution >= 0.6 is 0 Å². The van der Waals surface area contributed by atoms with Crippen LogP contribution in [0.1, 0.15) is 11.1 Å². The van der Waals surface area contributed by atoms with Gasteiger partial charge in [-0.15, -0.1) is 0 Å². The van der Waals surface area contributed by atoms with Gasteiger partial charge < -0.3 is 9.47 Å².